The van der Waals surface area contributed by atoms with E-state index < -0.39 is 37.1 Å². The number of aromatic nitrogens is 1. The first-order valence-corrected chi connectivity index (χ1v) is 9.27. The van der Waals surface area contributed by atoms with Crippen molar-refractivity contribution in [2.75, 3.05) is 11.9 Å². The first-order valence-electron chi connectivity index (χ1n) is 9.27. The van der Waals surface area contributed by atoms with Gasteiger partial charge in [0.2, 0.25) is 0 Å². The Balaban J connectivity index is 1.55. The summed E-state index contributed by atoms with van der Waals surface area (Å²) < 4.78 is 5.56. The molecule has 1 fully saturated rings. The zero-order chi connectivity index (χ0) is 20.5. The van der Waals surface area contributed by atoms with Crippen molar-refractivity contribution in [1.82, 2.24) is 4.98 Å². The van der Waals surface area contributed by atoms with Crippen LogP contribution in [0, 0.1) is 0 Å². The number of benzene rings is 2. The topological polar surface area (TPSA) is 135 Å². The molecule has 4 rings (SSSR count). The van der Waals surface area contributed by atoms with Gasteiger partial charge < -0.3 is 35.5 Å². The van der Waals surface area contributed by atoms with Crippen molar-refractivity contribution in [2.24, 2.45) is 0 Å². The number of ether oxygens (including phenoxy) is 1. The summed E-state index contributed by atoms with van der Waals surface area (Å²) in [5.41, 5.74) is 2.40. The van der Waals surface area contributed by atoms with Gasteiger partial charge >= 0.3 is 0 Å². The zero-order valence-corrected chi connectivity index (χ0v) is 15.4. The van der Waals surface area contributed by atoms with Crippen LogP contribution >= 0.6 is 0 Å². The van der Waals surface area contributed by atoms with Gasteiger partial charge in [-0.25, -0.2) is 0 Å². The summed E-state index contributed by atoms with van der Waals surface area (Å²) in [6.07, 6.45) is -4.49. The second kappa shape index (κ2) is 7.94. The Kier molecular flexibility index (Phi) is 5.35. The smallest absolute Gasteiger partial charge is 0.255 e. The number of aliphatic hydroxyl groups is 4. The number of aliphatic hydroxyl groups excluding tert-OH is 4. The van der Waals surface area contributed by atoms with Crippen LogP contribution in [-0.4, -0.2) is 62.3 Å². The number of carbonyl (C=O) groups excluding carboxylic acids is 1. The maximum Gasteiger partial charge on any atom is 0.255 e. The van der Waals surface area contributed by atoms with Gasteiger partial charge in [0.25, 0.3) is 5.91 Å². The maximum atomic E-state index is 12.7. The second-order valence-corrected chi connectivity index (χ2v) is 7.11. The number of aromatic amines is 1. The normalized spacial score (nSPS) is 27.1. The Morgan fingerprint density at radius 2 is 1.86 bits per heavy atom. The summed E-state index contributed by atoms with van der Waals surface area (Å²) in [5.74, 6) is -0.341. The van der Waals surface area contributed by atoms with E-state index in [1.807, 2.05) is 24.4 Å². The molecule has 8 heteroatoms. The van der Waals surface area contributed by atoms with Crippen molar-refractivity contribution in [3.63, 3.8) is 0 Å². The molecule has 0 radical (unpaired) electrons. The van der Waals surface area contributed by atoms with Gasteiger partial charge in [-0.15, -0.1) is 0 Å². The first kappa shape index (κ1) is 19.6. The predicted octanol–water partition coefficient (Wildman–Crippen LogP) is 0.935. The monoisotopic (exact) mass is 398 g/mol. The van der Waals surface area contributed by atoms with Gasteiger partial charge in [-0.1, -0.05) is 12.1 Å². The van der Waals surface area contributed by atoms with Crippen molar-refractivity contribution in [1.29, 1.82) is 0 Å². The molecule has 5 atom stereocenters. The molecule has 0 saturated carbocycles. The van der Waals surface area contributed by atoms with Crippen LogP contribution < -0.4 is 5.32 Å². The van der Waals surface area contributed by atoms with Gasteiger partial charge in [0.15, 0.2) is 0 Å². The number of H-pyrrole nitrogens is 1. The lowest BCUT2D eigenvalue weighted by Gasteiger charge is -2.40. The van der Waals surface area contributed by atoms with Crippen molar-refractivity contribution >= 4 is 22.5 Å². The van der Waals surface area contributed by atoms with Crippen LogP contribution in [0.4, 0.5) is 5.69 Å². The zero-order valence-electron chi connectivity index (χ0n) is 15.4. The van der Waals surface area contributed by atoms with E-state index in [2.05, 4.69) is 10.3 Å². The van der Waals surface area contributed by atoms with Gasteiger partial charge in [-0.05, 0) is 42.0 Å². The third-order valence-electron chi connectivity index (χ3n) is 5.18. The molecular formula is C21H22N2O6. The van der Waals surface area contributed by atoms with Crippen molar-refractivity contribution in [2.45, 2.75) is 30.5 Å². The second-order valence-electron chi connectivity index (χ2n) is 7.11. The number of hydrogen-bond acceptors (Lipinski definition) is 6. The molecule has 6 N–H and O–H groups in total. The lowest BCUT2D eigenvalue weighted by molar-refractivity contribution is -0.231. The van der Waals surface area contributed by atoms with Crippen LogP contribution in [0.1, 0.15) is 22.0 Å². The van der Waals surface area contributed by atoms with E-state index in [4.69, 9.17) is 4.74 Å². The molecule has 8 nitrogen and oxygen atoms in total. The number of rotatable bonds is 4. The van der Waals surface area contributed by atoms with Crippen LogP contribution in [0.3, 0.4) is 0 Å². The molecule has 3 aromatic rings. The highest BCUT2D eigenvalue weighted by molar-refractivity contribution is 6.05. The highest BCUT2D eigenvalue weighted by atomic mass is 16.5. The van der Waals surface area contributed by atoms with Gasteiger partial charge in [0, 0.05) is 28.4 Å². The van der Waals surface area contributed by atoms with E-state index in [0.717, 1.165) is 10.9 Å². The van der Waals surface area contributed by atoms with E-state index in [0.29, 0.717) is 16.8 Å². The van der Waals surface area contributed by atoms with Gasteiger partial charge in [-0.3, -0.25) is 4.79 Å². The Bertz CT molecular complexity index is 1020. The summed E-state index contributed by atoms with van der Waals surface area (Å²) in [7, 11) is 0. The lowest BCUT2D eigenvalue weighted by Crippen LogP contribution is -2.55. The number of nitrogens with one attached hydrogen (secondary N) is 2. The molecule has 0 unspecified atom stereocenters. The first-order chi connectivity index (χ1) is 14.0. The van der Waals surface area contributed by atoms with E-state index in [1.165, 1.54) is 0 Å². The third kappa shape index (κ3) is 3.76. The Morgan fingerprint density at radius 1 is 1.03 bits per heavy atom. The minimum atomic E-state index is -1.48. The molecule has 29 heavy (non-hydrogen) atoms. The fourth-order valence-corrected chi connectivity index (χ4v) is 3.57. The predicted molar refractivity (Wildman–Crippen MR) is 105 cm³/mol. The molecule has 1 saturated heterocycles. The maximum absolute atomic E-state index is 12.7. The van der Waals surface area contributed by atoms with E-state index in [9.17, 15) is 25.2 Å². The van der Waals surface area contributed by atoms with Gasteiger partial charge in [0.05, 0.1) is 6.61 Å². The van der Waals surface area contributed by atoms with Crippen molar-refractivity contribution < 1.29 is 30.0 Å². The molecule has 1 aliphatic rings. The van der Waals surface area contributed by atoms with Crippen LogP contribution in [0.15, 0.2) is 54.7 Å². The van der Waals surface area contributed by atoms with E-state index in [-0.39, 0.29) is 5.91 Å². The van der Waals surface area contributed by atoms with Crippen LogP contribution in [0.2, 0.25) is 0 Å². The quantitative estimate of drug-likeness (QED) is 0.387. The third-order valence-corrected chi connectivity index (χ3v) is 5.18. The summed E-state index contributed by atoms with van der Waals surface area (Å²) in [6, 6.07) is 13.9. The highest BCUT2D eigenvalue weighted by Crippen LogP contribution is 2.32. The highest BCUT2D eigenvalue weighted by Gasteiger charge is 2.44. The minimum absolute atomic E-state index is 0.341. The number of fused-ring (bicyclic) bond motifs is 1. The number of carbonyl (C=O) groups is 1. The SMILES string of the molecule is O=C(Nc1ccc2[nH]ccc2c1)c1cccc([C@H]2O[C@H](CO)[C@@H](O)[C@H](O)[C@H]2O)c1. The average molecular weight is 398 g/mol. The van der Waals surface area contributed by atoms with E-state index >= 15 is 0 Å². The van der Waals surface area contributed by atoms with Crippen LogP contribution in [-0.2, 0) is 4.74 Å². The Labute approximate surface area is 166 Å². The lowest BCUT2D eigenvalue weighted by atomic mass is 9.90. The van der Waals surface area contributed by atoms with Gasteiger partial charge in [-0.2, -0.15) is 0 Å². The number of hydrogen-bond donors (Lipinski definition) is 6. The average Bonchev–Trinajstić information content (AvgIpc) is 3.20. The minimum Gasteiger partial charge on any atom is -0.394 e. The molecule has 0 bridgehead atoms. The number of anilines is 1. The van der Waals surface area contributed by atoms with E-state index in [1.54, 1.807) is 30.3 Å². The summed E-state index contributed by atoms with van der Waals surface area (Å²) in [6.45, 7) is -0.511. The largest absolute Gasteiger partial charge is 0.394 e. The van der Waals surface area contributed by atoms with Crippen LogP contribution in [0.25, 0.3) is 10.9 Å². The molecular weight excluding hydrogens is 376 g/mol. The molecule has 0 spiro atoms. The van der Waals surface area contributed by atoms with Crippen molar-refractivity contribution in [3.8, 4) is 0 Å². The molecule has 2 aromatic carbocycles. The molecule has 2 heterocycles. The Hall–Kier alpha value is -2.75. The molecule has 152 valence electrons. The summed E-state index contributed by atoms with van der Waals surface area (Å²) in [4.78, 5) is 15.8. The fourth-order valence-electron chi connectivity index (χ4n) is 3.57. The summed E-state index contributed by atoms with van der Waals surface area (Å²) >= 11 is 0. The van der Waals surface area contributed by atoms with Gasteiger partial charge in [0.1, 0.15) is 30.5 Å². The van der Waals surface area contributed by atoms with Crippen LogP contribution in [0.5, 0.6) is 0 Å². The molecule has 1 aromatic heterocycles. The fraction of sp³-hybridized carbons (Fsp3) is 0.286. The molecule has 1 aliphatic heterocycles. The standard InChI is InChI=1S/C21H22N2O6/c24-10-16-17(25)18(26)19(27)20(29-16)12-2-1-3-13(8-12)21(28)23-14-4-5-15-11(9-14)6-7-22-15/h1-9,16-20,22,24-27H,10H2,(H,23,28)/t16-,17-,18+,19-,20-/m1/s1. The summed E-state index contributed by atoms with van der Waals surface area (Å²) in [5, 5.41) is 43.4. The molecule has 0 aliphatic carbocycles. The Morgan fingerprint density at radius 3 is 2.66 bits per heavy atom. The van der Waals surface area contributed by atoms with Crippen molar-refractivity contribution in [3.05, 3.63) is 65.9 Å². The number of amides is 1. The molecule has 1 amide bonds.